The number of hydrogen-bond donors (Lipinski definition) is 18. The van der Waals surface area contributed by atoms with E-state index in [-0.39, 0.29) is 115 Å². The SMILES string of the molecule is CC[C@@H]1C[C@@H](O)CN1C(=O)CCCCCCCCCCC(=O)NCCN[C@@H]1O[C@H](CO)[C@@H](O[C@@H]2O[C@H](COCCC(=O)NCCCN)[C@@H](OCCC(=O)NCCCNCO)[C@H](OCCC(=O)NCCCNC(=O)O[C@@H]3O[C@H](CO)[C@H](O)[C@H](O)[C@H]3NC(C)=O)[C@H]2NC(C)=O)[C@H](O)[C@H]1NC(C)=O. The van der Waals surface area contributed by atoms with Crippen LogP contribution in [0.1, 0.15) is 143 Å². The lowest BCUT2D eigenvalue weighted by Crippen LogP contribution is -2.71. The van der Waals surface area contributed by atoms with Gasteiger partial charge in [0.1, 0.15) is 73.2 Å². The van der Waals surface area contributed by atoms with E-state index in [1.807, 2.05) is 11.8 Å². The lowest BCUT2D eigenvalue weighted by Gasteiger charge is -2.50. The third-order valence-electron chi connectivity index (χ3n) is 17.2. The summed E-state index contributed by atoms with van der Waals surface area (Å²) in [7, 11) is 0. The predicted octanol–water partition coefficient (Wildman–Crippen LogP) is -5.19. The van der Waals surface area contributed by atoms with E-state index in [2.05, 4.69) is 53.2 Å². The van der Waals surface area contributed by atoms with Crippen LogP contribution in [0.5, 0.6) is 0 Å². The predicted molar refractivity (Wildman–Crippen MR) is 355 cm³/mol. The number of carbonyl (C=O) groups excluding carboxylic acids is 9. The maximum absolute atomic E-state index is 13.4. The van der Waals surface area contributed by atoms with Crippen molar-refractivity contribution in [2.24, 2.45) is 5.73 Å². The van der Waals surface area contributed by atoms with Crippen molar-refractivity contribution in [2.75, 3.05) is 105 Å². The van der Waals surface area contributed by atoms with E-state index < -0.39 is 147 Å². The minimum Gasteiger partial charge on any atom is -0.417 e. The molecule has 0 radical (unpaired) electrons. The quantitative estimate of drug-likeness (QED) is 0.0200. The van der Waals surface area contributed by atoms with Crippen molar-refractivity contribution >= 4 is 53.4 Å². The molecule has 36 nitrogen and oxygen atoms in total. The number of ether oxygens (including phenoxy) is 8. The van der Waals surface area contributed by atoms with Crippen molar-refractivity contribution in [3.8, 4) is 0 Å². The summed E-state index contributed by atoms with van der Waals surface area (Å²) in [5, 5.41) is 99.8. The van der Waals surface area contributed by atoms with Gasteiger partial charge in [-0.1, -0.05) is 45.4 Å². The maximum atomic E-state index is 13.4. The number of aliphatic hydroxyl groups excluding tert-OH is 7. The number of amides is 9. The van der Waals surface area contributed by atoms with Gasteiger partial charge < -0.3 is 127 Å². The van der Waals surface area contributed by atoms with Gasteiger partial charge in [0.05, 0.1) is 58.5 Å². The first kappa shape index (κ1) is 86.8. The molecule has 0 bridgehead atoms. The highest BCUT2D eigenvalue weighted by atomic mass is 16.7. The molecule has 17 atom stereocenters. The van der Waals surface area contributed by atoms with Crippen LogP contribution >= 0.6 is 0 Å². The summed E-state index contributed by atoms with van der Waals surface area (Å²) < 4.78 is 49.0. The lowest BCUT2D eigenvalue weighted by molar-refractivity contribution is -0.324. The molecule has 0 aliphatic carbocycles. The van der Waals surface area contributed by atoms with Crippen LogP contribution in [-0.2, 0) is 76.3 Å². The number of rotatable bonds is 49. The third-order valence-corrected chi connectivity index (χ3v) is 17.2. The zero-order valence-electron chi connectivity index (χ0n) is 58.5. The molecule has 0 unspecified atom stereocenters. The van der Waals surface area contributed by atoms with Crippen molar-refractivity contribution in [3.05, 3.63) is 0 Å². The minimum atomic E-state index is -1.67. The molecule has 100 heavy (non-hydrogen) atoms. The van der Waals surface area contributed by atoms with Crippen molar-refractivity contribution in [3.63, 3.8) is 0 Å². The summed E-state index contributed by atoms with van der Waals surface area (Å²) in [6.07, 6.45) is -8.62. The first-order chi connectivity index (χ1) is 48.0. The molecular formula is C64H116N12O24. The number of nitrogens with one attached hydrogen (secondary N) is 10. The zero-order chi connectivity index (χ0) is 73.4. The second-order valence-electron chi connectivity index (χ2n) is 25.3. The highest BCUT2D eigenvalue weighted by molar-refractivity contribution is 5.78. The van der Waals surface area contributed by atoms with Crippen LogP contribution < -0.4 is 58.9 Å². The Morgan fingerprint density at radius 1 is 0.510 bits per heavy atom. The van der Waals surface area contributed by atoms with Crippen LogP contribution in [0.3, 0.4) is 0 Å². The fourth-order valence-electron chi connectivity index (χ4n) is 12.1. The second kappa shape index (κ2) is 49.1. The largest absolute Gasteiger partial charge is 0.417 e. The van der Waals surface area contributed by atoms with Crippen LogP contribution in [0.15, 0.2) is 0 Å². The number of nitrogens with zero attached hydrogens (tertiary/aromatic N) is 1. The standard InChI is InChI=1S/C64H116N12O24/c1-5-42-33-43(83)34-76(42)51(88)18-13-11-9-7-6-8-10-12-17-47(84)70-28-29-71-61-52(73-39(2)80)57(91)58(45(36-78)96-61)99-63-54(75-41(4)82)60(59(94-31-20-49(86)68-25-15-23-66-38-79)46(98-63)37-93-30-19-48(85)67-24-14-22-65)95-32-21-50(87)69-26-16-27-72-64(92)100-62-53(74-40(3)81)56(90)55(89)44(35-77)97-62/h42-46,52-63,66,71,77-79,83,89-91H,5-38,65H2,1-4H3,(H,67,85)(H,68,86)(H,69,87)(H,70,84)(H,72,92)(H,73,80)(H,74,81)(H,75,82)/t42-,43-,44-,45-,46-,52-,53-,54-,55+,56-,57-,58-,59-,60-,61-,62+,63+/m1/s1. The normalized spacial score (nSPS) is 27.4. The molecule has 4 saturated heterocycles. The van der Waals surface area contributed by atoms with E-state index >= 15 is 0 Å². The summed E-state index contributed by atoms with van der Waals surface area (Å²) in [6, 6.07) is -3.89. The van der Waals surface area contributed by atoms with E-state index in [4.69, 9.17) is 48.7 Å². The van der Waals surface area contributed by atoms with E-state index in [0.717, 1.165) is 58.3 Å². The van der Waals surface area contributed by atoms with Gasteiger partial charge in [0.15, 0.2) is 6.29 Å². The topological polar surface area (TPSA) is 519 Å². The number of aliphatic hydroxyl groups is 7. The number of likely N-dealkylation sites (tertiary alicyclic amines) is 1. The van der Waals surface area contributed by atoms with Crippen molar-refractivity contribution < 1.29 is 117 Å². The van der Waals surface area contributed by atoms with Crippen molar-refractivity contribution in [1.29, 1.82) is 0 Å². The summed E-state index contributed by atoms with van der Waals surface area (Å²) in [5.74, 6) is -3.17. The lowest BCUT2D eigenvalue weighted by atomic mass is 9.93. The van der Waals surface area contributed by atoms with E-state index in [1.165, 1.54) is 13.8 Å². The molecule has 19 N–H and O–H groups in total. The van der Waals surface area contributed by atoms with Crippen LogP contribution in [0, 0.1) is 0 Å². The molecule has 4 aliphatic heterocycles. The van der Waals surface area contributed by atoms with Gasteiger partial charge in [-0.2, -0.15) is 0 Å². The smallest absolute Gasteiger partial charge is 0.409 e. The zero-order valence-corrected chi connectivity index (χ0v) is 58.5. The first-order valence-electron chi connectivity index (χ1n) is 35.3. The molecule has 0 aromatic heterocycles. The number of nitrogens with two attached hydrogens (primary N) is 1. The molecule has 36 heteroatoms. The molecule has 576 valence electrons. The second-order valence-corrected chi connectivity index (χ2v) is 25.3. The molecule has 0 spiro atoms. The van der Waals surface area contributed by atoms with Gasteiger partial charge in [0.25, 0.3) is 0 Å². The monoisotopic (exact) mass is 1440 g/mol. The Morgan fingerprint density at radius 2 is 1.04 bits per heavy atom. The van der Waals surface area contributed by atoms with Gasteiger partial charge in [0.2, 0.25) is 53.5 Å². The highest BCUT2D eigenvalue weighted by Crippen LogP contribution is 2.33. The average molecular weight is 1440 g/mol. The summed E-state index contributed by atoms with van der Waals surface area (Å²) in [6.45, 7) is 4.75. The van der Waals surface area contributed by atoms with Gasteiger partial charge in [0, 0.05) is 105 Å². The van der Waals surface area contributed by atoms with Crippen LogP contribution in [0.25, 0.3) is 0 Å². The van der Waals surface area contributed by atoms with E-state index in [0.29, 0.717) is 64.7 Å². The van der Waals surface area contributed by atoms with Gasteiger partial charge in [-0.3, -0.25) is 49.0 Å². The fraction of sp³-hybridized carbons (Fsp3) is 0.859. The highest BCUT2D eigenvalue weighted by Gasteiger charge is 2.54. The Hall–Kier alpha value is -5.65. The molecule has 4 aliphatic rings. The van der Waals surface area contributed by atoms with Gasteiger partial charge in [-0.05, 0) is 58.0 Å². The first-order valence-corrected chi connectivity index (χ1v) is 35.3. The minimum absolute atomic E-state index is 0.0106. The Labute approximate surface area is 584 Å². The molecule has 4 heterocycles. The number of alkyl carbamates (subject to hydrolysis) is 1. The fourth-order valence-corrected chi connectivity index (χ4v) is 12.1. The molecule has 0 aromatic rings. The number of unbranched alkanes of at least 4 members (excludes halogenated alkanes) is 7. The Balaban J connectivity index is 1.43. The van der Waals surface area contributed by atoms with E-state index in [9.17, 15) is 73.8 Å². The van der Waals surface area contributed by atoms with Gasteiger partial charge in [-0.15, -0.1) is 0 Å². The summed E-state index contributed by atoms with van der Waals surface area (Å²) in [4.78, 5) is 117. The van der Waals surface area contributed by atoms with E-state index in [1.54, 1.807) is 0 Å². The van der Waals surface area contributed by atoms with Gasteiger partial charge in [-0.25, -0.2) is 4.79 Å². The molecular weight excluding hydrogens is 1320 g/mol. The van der Waals surface area contributed by atoms with Crippen LogP contribution in [-0.4, -0.2) is 303 Å². The maximum Gasteiger partial charge on any atom is 0.409 e. The molecule has 9 amide bonds. The third kappa shape index (κ3) is 31.9. The Kier molecular flexibility index (Phi) is 42.6. The molecule has 0 aromatic carbocycles. The van der Waals surface area contributed by atoms with Crippen molar-refractivity contribution in [2.45, 2.75) is 247 Å². The summed E-state index contributed by atoms with van der Waals surface area (Å²) >= 11 is 0. The Morgan fingerprint density at radius 3 is 1.64 bits per heavy atom. The average Bonchev–Trinajstić information content (AvgIpc) is 0.957. The van der Waals surface area contributed by atoms with Crippen LogP contribution in [0.2, 0.25) is 0 Å². The molecule has 4 rings (SSSR count). The Bertz CT molecular complexity index is 2430. The number of β-amino-alcohol motifs (C(OH)–C–C–N with tert-alkyl or cyclic N) is 1. The number of carbonyl (C=O) groups is 9. The summed E-state index contributed by atoms with van der Waals surface area (Å²) in [5.41, 5.74) is 5.59. The van der Waals surface area contributed by atoms with Crippen molar-refractivity contribution in [1.82, 2.24) is 58.1 Å². The molecule has 4 fully saturated rings. The number of hydrogen-bond acceptors (Lipinski definition) is 27. The van der Waals surface area contributed by atoms with Crippen LogP contribution in [0.4, 0.5) is 4.79 Å². The van der Waals surface area contributed by atoms with Gasteiger partial charge >= 0.3 is 6.09 Å². The molecule has 0 saturated carbocycles.